The minimum Gasteiger partial charge on any atom is -0.353 e. The first-order chi connectivity index (χ1) is 7.69. The van der Waals surface area contributed by atoms with Crippen molar-refractivity contribution in [3.05, 3.63) is 0 Å². The Kier molecular flexibility index (Phi) is 9.10. The molecule has 3 N–H and O–H groups in total. The van der Waals surface area contributed by atoms with E-state index in [1.807, 2.05) is 13.2 Å². The third kappa shape index (κ3) is 5.49. The molecule has 0 aromatic carbocycles. The molecule has 1 amide bonds. The van der Waals surface area contributed by atoms with Crippen LogP contribution in [-0.4, -0.2) is 30.5 Å². The molecule has 17 heavy (non-hydrogen) atoms. The number of rotatable bonds is 5. The highest BCUT2D eigenvalue weighted by molar-refractivity contribution is 7.98. The molecule has 1 saturated carbocycles. The van der Waals surface area contributed by atoms with Crippen molar-refractivity contribution in [2.24, 2.45) is 17.6 Å². The predicted octanol–water partition coefficient (Wildman–Crippen LogP) is 2.04. The summed E-state index contributed by atoms with van der Waals surface area (Å²) in [7, 11) is 0. The highest BCUT2D eigenvalue weighted by Gasteiger charge is 2.26. The predicted molar refractivity (Wildman–Crippen MR) is 77.7 cm³/mol. The molecule has 1 aliphatic rings. The molecule has 5 heteroatoms. The molecule has 0 spiro atoms. The van der Waals surface area contributed by atoms with E-state index in [-0.39, 0.29) is 24.2 Å². The third-order valence-electron chi connectivity index (χ3n) is 3.40. The van der Waals surface area contributed by atoms with Gasteiger partial charge in [0.05, 0.1) is 0 Å². The maximum Gasteiger partial charge on any atom is 0.223 e. The van der Waals surface area contributed by atoms with Crippen LogP contribution in [0.1, 0.15) is 32.6 Å². The Hall–Kier alpha value is 0.0700. The molecule has 0 bridgehead atoms. The van der Waals surface area contributed by atoms with Crippen LogP contribution in [-0.2, 0) is 4.79 Å². The van der Waals surface area contributed by atoms with E-state index in [2.05, 4.69) is 5.32 Å². The number of nitrogens with one attached hydrogen (secondary N) is 1. The van der Waals surface area contributed by atoms with Gasteiger partial charge in [0.25, 0.3) is 0 Å². The molecule has 0 aromatic rings. The molecule has 3 nitrogen and oxygen atoms in total. The Balaban J connectivity index is 0.00000256. The van der Waals surface area contributed by atoms with Gasteiger partial charge in [0, 0.05) is 17.7 Å². The van der Waals surface area contributed by atoms with Crippen molar-refractivity contribution >= 4 is 30.1 Å². The van der Waals surface area contributed by atoms with Crippen LogP contribution in [0.4, 0.5) is 0 Å². The summed E-state index contributed by atoms with van der Waals surface area (Å²) >= 11 is 1.72. The van der Waals surface area contributed by atoms with Gasteiger partial charge in [-0.1, -0.05) is 19.8 Å². The number of thioether (sulfide) groups is 1. The number of carbonyl (C=O) groups excluding carboxylic acids is 1. The Labute approximate surface area is 115 Å². The fourth-order valence-corrected chi connectivity index (χ4v) is 2.98. The second kappa shape index (κ2) is 9.06. The van der Waals surface area contributed by atoms with Crippen LogP contribution in [0.2, 0.25) is 0 Å². The van der Waals surface area contributed by atoms with Gasteiger partial charge in [-0.2, -0.15) is 11.8 Å². The molecule has 0 heterocycles. The summed E-state index contributed by atoms with van der Waals surface area (Å²) in [5, 5.41) is 3.17. The van der Waals surface area contributed by atoms with Gasteiger partial charge >= 0.3 is 0 Å². The van der Waals surface area contributed by atoms with Gasteiger partial charge in [0.2, 0.25) is 5.91 Å². The van der Waals surface area contributed by atoms with Crippen LogP contribution < -0.4 is 11.1 Å². The van der Waals surface area contributed by atoms with Gasteiger partial charge in [-0.15, -0.1) is 12.4 Å². The van der Waals surface area contributed by atoms with Crippen LogP contribution in [0.25, 0.3) is 0 Å². The lowest BCUT2D eigenvalue weighted by Crippen LogP contribution is -2.46. The highest BCUT2D eigenvalue weighted by Crippen LogP contribution is 2.23. The van der Waals surface area contributed by atoms with Crippen molar-refractivity contribution in [2.75, 3.05) is 18.6 Å². The topological polar surface area (TPSA) is 55.1 Å². The largest absolute Gasteiger partial charge is 0.353 e. The average molecular weight is 281 g/mol. The fourth-order valence-electron chi connectivity index (χ4n) is 2.33. The molecule has 1 fully saturated rings. The SMILES string of the molecule is CSCC(C)C(=O)NC1CCCCC1CN.Cl. The molecular weight excluding hydrogens is 256 g/mol. The van der Waals surface area contributed by atoms with Crippen molar-refractivity contribution < 1.29 is 4.79 Å². The quantitative estimate of drug-likeness (QED) is 0.810. The molecule has 0 aromatic heterocycles. The van der Waals surface area contributed by atoms with E-state index in [0.717, 1.165) is 12.2 Å². The fraction of sp³-hybridized carbons (Fsp3) is 0.917. The van der Waals surface area contributed by atoms with Crippen molar-refractivity contribution in [1.29, 1.82) is 0 Å². The van der Waals surface area contributed by atoms with Crippen LogP contribution in [0.3, 0.4) is 0 Å². The molecule has 102 valence electrons. The first-order valence-electron chi connectivity index (χ1n) is 6.18. The van der Waals surface area contributed by atoms with E-state index in [9.17, 15) is 4.79 Å². The first-order valence-corrected chi connectivity index (χ1v) is 7.57. The van der Waals surface area contributed by atoms with Crippen LogP contribution in [0, 0.1) is 11.8 Å². The number of carbonyl (C=O) groups is 1. The van der Waals surface area contributed by atoms with Crippen molar-refractivity contribution in [2.45, 2.75) is 38.6 Å². The van der Waals surface area contributed by atoms with Crippen molar-refractivity contribution in [3.8, 4) is 0 Å². The molecule has 0 saturated heterocycles. The van der Waals surface area contributed by atoms with E-state index >= 15 is 0 Å². The van der Waals surface area contributed by atoms with Crippen LogP contribution >= 0.6 is 24.2 Å². The smallest absolute Gasteiger partial charge is 0.223 e. The maximum absolute atomic E-state index is 11.9. The summed E-state index contributed by atoms with van der Waals surface area (Å²) in [6.45, 7) is 2.69. The van der Waals surface area contributed by atoms with E-state index in [1.165, 1.54) is 19.3 Å². The maximum atomic E-state index is 11.9. The summed E-state index contributed by atoms with van der Waals surface area (Å²) in [6, 6.07) is 0.315. The minimum atomic E-state index is 0. The third-order valence-corrected chi connectivity index (χ3v) is 4.24. The van der Waals surface area contributed by atoms with Gasteiger partial charge in [-0.25, -0.2) is 0 Å². The standard InChI is InChI=1S/C12H24N2OS.ClH/c1-9(8-16-2)12(15)14-11-6-4-3-5-10(11)7-13;/h9-11H,3-8,13H2,1-2H3,(H,14,15);1H. The van der Waals surface area contributed by atoms with Crippen LogP contribution in [0.15, 0.2) is 0 Å². The second-order valence-electron chi connectivity index (χ2n) is 4.75. The Morgan fingerprint density at radius 2 is 2.12 bits per heavy atom. The van der Waals surface area contributed by atoms with Crippen LogP contribution in [0.5, 0.6) is 0 Å². The van der Waals surface area contributed by atoms with E-state index in [4.69, 9.17) is 5.73 Å². The molecular formula is C12H25ClN2OS. The zero-order chi connectivity index (χ0) is 12.0. The Bertz CT molecular complexity index is 229. The lowest BCUT2D eigenvalue weighted by atomic mass is 9.84. The molecule has 0 aliphatic heterocycles. The monoisotopic (exact) mass is 280 g/mol. The summed E-state index contributed by atoms with van der Waals surface area (Å²) in [4.78, 5) is 11.9. The summed E-state index contributed by atoms with van der Waals surface area (Å²) in [5.74, 6) is 1.68. The molecule has 0 radical (unpaired) electrons. The van der Waals surface area contributed by atoms with E-state index in [0.29, 0.717) is 18.5 Å². The Morgan fingerprint density at radius 1 is 1.47 bits per heavy atom. The van der Waals surface area contributed by atoms with Crippen molar-refractivity contribution in [3.63, 3.8) is 0 Å². The minimum absolute atomic E-state index is 0. The zero-order valence-corrected chi connectivity index (χ0v) is 12.4. The number of hydrogen-bond acceptors (Lipinski definition) is 3. The Morgan fingerprint density at radius 3 is 2.71 bits per heavy atom. The first kappa shape index (κ1) is 17.1. The summed E-state index contributed by atoms with van der Waals surface area (Å²) in [5.41, 5.74) is 5.75. The van der Waals surface area contributed by atoms with E-state index < -0.39 is 0 Å². The number of hydrogen-bond donors (Lipinski definition) is 2. The van der Waals surface area contributed by atoms with E-state index in [1.54, 1.807) is 11.8 Å². The normalized spacial score (nSPS) is 25.8. The zero-order valence-electron chi connectivity index (χ0n) is 10.8. The molecule has 3 atom stereocenters. The summed E-state index contributed by atoms with van der Waals surface area (Å²) < 4.78 is 0. The summed E-state index contributed by atoms with van der Waals surface area (Å²) in [6.07, 6.45) is 6.78. The van der Waals surface area contributed by atoms with Crippen molar-refractivity contribution in [1.82, 2.24) is 5.32 Å². The second-order valence-corrected chi connectivity index (χ2v) is 5.66. The number of nitrogens with two attached hydrogens (primary N) is 1. The number of amides is 1. The lowest BCUT2D eigenvalue weighted by Gasteiger charge is -2.32. The van der Waals surface area contributed by atoms with Gasteiger partial charge in [0.15, 0.2) is 0 Å². The molecule has 1 aliphatic carbocycles. The lowest BCUT2D eigenvalue weighted by molar-refractivity contribution is -0.125. The number of halogens is 1. The molecule has 1 rings (SSSR count). The van der Waals surface area contributed by atoms with Gasteiger partial charge in [-0.05, 0) is 31.6 Å². The van der Waals surface area contributed by atoms with Gasteiger partial charge in [0.1, 0.15) is 0 Å². The van der Waals surface area contributed by atoms with Gasteiger partial charge < -0.3 is 11.1 Å². The molecule has 3 unspecified atom stereocenters. The average Bonchev–Trinajstić information content (AvgIpc) is 2.30. The van der Waals surface area contributed by atoms with Gasteiger partial charge in [-0.3, -0.25) is 4.79 Å². The highest BCUT2D eigenvalue weighted by atomic mass is 35.5.